The van der Waals surface area contributed by atoms with Crippen LogP contribution in [0.25, 0.3) is 0 Å². The van der Waals surface area contributed by atoms with Gasteiger partial charge in [0, 0.05) is 38.4 Å². The molecule has 0 aliphatic carbocycles. The lowest BCUT2D eigenvalue weighted by Crippen LogP contribution is -2.47. The molecule has 2 aromatic carbocycles. The number of nitrogens with zero attached hydrogens (tertiary/aromatic N) is 2. The second kappa shape index (κ2) is 13.1. The molecule has 0 bridgehead atoms. The summed E-state index contributed by atoms with van der Waals surface area (Å²) in [6.07, 6.45) is 0.664. The summed E-state index contributed by atoms with van der Waals surface area (Å²) in [6.45, 7) is 5.06. The number of benzene rings is 2. The Bertz CT molecular complexity index is 894. The predicted octanol–water partition coefficient (Wildman–Crippen LogP) is 2.90. The van der Waals surface area contributed by atoms with E-state index in [1.54, 1.807) is 19.2 Å². The quantitative estimate of drug-likeness (QED) is 0.266. The van der Waals surface area contributed by atoms with E-state index in [2.05, 4.69) is 25.8 Å². The van der Waals surface area contributed by atoms with E-state index in [-0.39, 0.29) is 41.8 Å². The molecule has 3 rings (SSSR count). The highest BCUT2D eigenvalue weighted by Crippen LogP contribution is 2.16. The maximum absolute atomic E-state index is 13.4. The Morgan fingerprint density at radius 2 is 2.03 bits per heavy atom. The molecule has 32 heavy (non-hydrogen) atoms. The van der Waals surface area contributed by atoms with E-state index >= 15 is 0 Å². The van der Waals surface area contributed by atoms with E-state index in [1.165, 1.54) is 12.1 Å². The van der Waals surface area contributed by atoms with Crippen molar-refractivity contribution >= 4 is 41.5 Å². The van der Waals surface area contributed by atoms with Crippen molar-refractivity contribution < 1.29 is 13.9 Å². The van der Waals surface area contributed by atoms with Crippen LogP contribution < -0.4 is 25.6 Å². The van der Waals surface area contributed by atoms with Crippen molar-refractivity contribution in [3.05, 3.63) is 59.9 Å². The molecular formula is C23H31FIN5O2. The second-order valence-corrected chi connectivity index (χ2v) is 7.35. The van der Waals surface area contributed by atoms with Crippen LogP contribution in [-0.4, -0.2) is 51.2 Å². The van der Waals surface area contributed by atoms with E-state index in [0.29, 0.717) is 37.9 Å². The summed E-state index contributed by atoms with van der Waals surface area (Å²) >= 11 is 0. The van der Waals surface area contributed by atoms with Crippen LogP contribution in [0.4, 0.5) is 10.1 Å². The van der Waals surface area contributed by atoms with Gasteiger partial charge in [-0.05, 0) is 36.2 Å². The van der Waals surface area contributed by atoms with Gasteiger partial charge in [0.15, 0.2) is 5.96 Å². The van der Waals surface area contributed by atoms with Crippen molar-refractivity contribution in [1.29, 1.82) is 0 Å². The lowest BCUT2D eigenvalue weighted by atomic mass is 10.2. The third kappa shape index (κ3) is 7.85. The number of nitrogens with one attached hydrogen (secondary N) is 3. The third-order valence-corrected chi connectivity index (χ3v) is 5.07. The zero-order valence-corrected chi connectivity index (χ0v) is 20.8. The van der Waals surface area contributed by atoms with Gasteiger partial charge in [0.1, 0.15) is 17.7 Å². The number of anilines is 1. The molecule has 9 heteroatoms. The highest BCUT2D eigenvalue weighted by molar-refractivity contribution is 14.0. The normalized spacial score (nSPS) is 14.8. The van der Waals surface area contributed by atoms with Crippen molar-refractivity contribution in [1.82, 2.24) is 16.0 Å². The number of rotatable bonds is 8. The minimum Gasteiger partial charge on any atom is -0.489 e. The van der Waals surface area contributed by atoms with Crippen molar-refractivity contribution in [3.63, 3.8) is 0 Å². The molecule has 1 unspecified atom stereocenters. The Kier molecular flexibility index (Phi) is 10.5. The van der Waals surface area contributed by atoms with Crippen molar-refractivity contribution in [2.24, 2.45) is 4.99 Å². The maximum Gasteiger partial charge on any atom is 0.239 e. The molecule has 0 radical (unpaired) electrons. The number of amides is 1. The van der Waals surface area contributed by atoms with E-state index in [9.17, 15) is 9.18 Å². The van der Waals surface area contributed by atoms with Gasteiger partial charge in [-0.1, -0.05) is 25.1 Å². The Morgan fingerprint density at radius 1 is 1.25 bits per heavy atom. The van der Waals surface area contributed by atoms with Crippen LogP contribution in [-0.2, 0) is 11.3 Å². The van der Waals surface area contributed by atoms with Gasteiger partial charge in [-0.15, -0.1) is 24.0 Å². The predicted molar refractivity (Wildman–Crippen MR) is 136 cm³/mol. The Labute approximate surface area is 205 Å². The fourth-order valence-corrected chi connectivity index (χ4v) is 3.30. The molecule has 1 amide bonds. The summed E-state index contributed by atoms with van der Waals surface area (Å²) in [4.78, 5) is 17.9. The van der Waals surface area contributed by atoms with Crippen LogP contribution in [0.2, 0.25) is 0 Å². The maximum atomic E-state index is 13.4. The number of carbonyl (C=O) groups excluding carboxylic acids is 1. The first kappa shape index (κ1) is 25.7. The molecule has 0 aromatic heterocycles. The number of hydrogen-bond acceptors (Lipinski definition) is 4. The van der Waals surface area contributed by atoms with Crippen molar-refractivity contribution in [2.45, 2.75) is 26.0 Å². The highest BCUT2D eigenvalue weighted by Gasteiger charge is 2.16. The molecule has 7 nitrogen and oxygen atoms in total. The summed E-state index contributed by atoms with van der Waals surface area (Å²) in [7, 11) is 1.72. The number of hydrogen-bond donors (Lipinski definition) is 3. The van der Waals surface area contributed by atoms with Gasteiger partial charge in [-0.2, -0.15) is 0 Å². The number of guanidine groups is 1. The molecule has 0 saturated carbocycles. The first-order chi connectivity index (χ1) is 15.1. The second-order valence-electron chi connectivity index (χ2n) is 7.35. The Morgan fingerprint density at radius 3 is 2.69 bits per heavy atom. The number of aliphatic imine (C=N–C) groups is 1. The van der Waals surface area contributed by atoms with Crippen molar-refractivity contribution in [3.8, 4) is 5.75 Å². The standard InChI is InChI=1S/C23H30FN5O2.HI/c1-3-20(31-21-6-4-5-18(24)13-21)15-28-23(25-2)27-14-17-7-9-19(10-8-17)29-12-11-26-22(30)16-29;/h4-10,13,20H,3,11-12,14-16H2,1-2H3,(H,26,30)(H2,25,27,28);1H. The summed E-state index contributed by atoms with van der Waals surface area (Å²) in [5.41, 5.74) is 2.15. The molecule has 1 fully saturated rings. The average Bonchev–Trinajstić information content (AvgIpc) is 2.78. The zero-order valence-electron chi connectivity index (χ0n) is 18.4. The van der Waals surface area contributed by atoms with Crippen LogP contribution in [0.1, 0.15) is 18.9 Å². The van der Waals surface area contributed by atoms with E-state index in [0.717, 1.165) is 24.2 Å². The fourth-order valence-electron chi connectivity index (χ4n) is 3.30. The average molecular weight is 555 g/mol. The van der Waals surface area contributed by atoms with Crippen molar-refractivity contribution in [2.75, 3.05) is 38.1 Å². The lowest BCUT2D eigenvalue weighted by Gasteiger charge is -2.28. The van der Waals surface area contributed by atoms with Crippen LogP contribution in [0.5, 0.6) is 5.75 Å². The van der Waals surface area contributed by atoms with Crippen LogP contribution in [0.3, 0.4) is 0 Å². The summed E-state index contributed by atoms with van der Waals surface area (Å²) in [5.74, 6) is 0.923. The molecule has 1 heterocycles. The van der Waals surface area contributed by atoms with Gasteiger partial charge < -0.3 is 25.6 Å². The molecule has 1 aliphatic heterocycles. The first-order valence-corrected chi connectivity index (χ1v) is 10.5. The topological polar surface area (TPSA) is 78.0 Å². The molecular weight excluding hydrogens is 524 g/mol. The third-order valence-electron chi connectivity index (χ3n) is 5.07. The smallest absolute Gasteiger partial charge is 0.239 e. The largest absolute Gasteiger partial charge is 0.489 e. The lowest BCUT2D eigenvalue weighted by molar-refractivity contribution is -0.120. The highest BCUT2D eigenvalue weighted by atomic mass is 127. The molecule has 2 aromatic rings. The number of carbonyl (C=O) groups is 1. The van der Waals surface area contributed by atoms with Crippen LogP contribution in [0.15, 0.2) is 53.5 Å². The summed E-state index contributed by atoms with van der Waals surface area (Å²) < 4.78 is 19.2. The van der Waals surface area contributed by atoms with Gasteiger partial charge in [0.2, 0.25) is 5.91 Å². The van der Waals surface area contributed by atoms with Gasteiger partial charge in [0.05, 0.1) is 13.1 Å². The van der Waals surface area contributed by atoms with Gasteiger partial charge in [0.25, 0.3) is 0 Å². The molecule has 1 atom stereocenters. The Hall–Kier alpha value is -2.56. The molecule has 0 spiro atoms. The van der Waals surface area contributed by atoms with E-state index < -0.39 is 0 Å². The number of ether oxygens (including phenoxy) is 1. The molecule has 1 saturated heterocycles. The molecule has 174 valence electrons. The van der Waals surface area contributed by atoms with E-state index in [1.807, 2.05) is 31.2 Å². The van der Waals surface area contributed by atoms with Crippen LogP contribution >= 0.6 is 24.0 Å². The fraction of sp³-hybridized carbons (Fsp3) is 0.391. The zero-order chi connectivity index (χ0) is 22.1. The molecule has 3 N–H and O–H groups in total. The number of halogens is 2. The monoisotopic (exact) mass is 555 g/mol. The summed E-state index contributed by atoms with van der Waals surface area (Å²) in [5, 5.41) is 9.39. The van der Waals surface area contributed by atoms with Gasteiger partial charge in [-0.3, -0.25) is 9.79 Å². The Balaban J connectivity index is 0.00000363. The number of piperazine rings is 1. The van der Waals surface area contributed by atoms with Gasteiger partial charge >= 0.3 is 0 Å². The molecule has 1 aliphatic rings. The SMILES string of the molecule is CCC(CNC(=NC)NCc1ccc(N2CCNC(=O)C2)cc1)Oc1cccc(F)c1.I. The minimum atomic E-state index is -0.313. The summed E-state index contributed by atoms with van der Waals surface area (Å²) in [6, 6.07) is 14.3. The minimum absolute atomic E-state index is 0. The first-order valence-electron chi connectivity index (χ1n) is 10.5. The van der Waals surface area contributed by atoms with E-state index in [4.69, 9.17) is 4.74 Å². The van der Waals surface area contributed by atoms with Crippen LogP contribution in [0, 0.1) is 5.82 Å². The van der Waals surface area contributed by atoms with Gasteiger partial charge in [-0.25, -0.2) is 4.39 Å².